The summed E-state index contributed by atoms with van der Waals surface area (Å²) in [5, 5.41) is 0. The molecule has 0 aliphatic carbocycles. The second-order valence-corrected chi connectivity index (χ2v) is 3.58. The fourth-order valence-electron chi connectivity index (χ4n) is 1.21. The Morgan fingerprint density at radius 1 is 1.50 bits per heavy atom. The fourth-order valence-corrected chi connectivity index (χ4v) is 1.82. The van der Waals surface area contributed by atoms with E-state index >= 15 is 0 Å². The molecule has 14 heavy (non-hydrogen) atoms. The highest BCUT2D eigenvalue weighted by Gasteiger charge is 2.13. The maximum atomic E-state index is 11.5. The second kappa shape index (κ2) is 5.10. The highest BCUT2D eigenvalue weighted by molar-refractivity contribution is 9.10. The molecule has 1 aromatic rings. The monoisotopic (exact) mass is 257 g/mol. The lowest BCUT2D eigenvalue weighted by molar-refractivity contribution is 0.0524. The smallest absolute Gasteiger partial charge is 0.340 e. The lowest BCUT2D eigenvalue weighted by atomic mass is 10.1. The first-order valence-corrected chi connectivity index (χ1v) is 5.29. The van der Waals surface area contributed by atoms with Crippen molar-refractivity contribution in [3.63, 3.8) is 0 Å². The second-order valence-electron chi connectivity index (χ2n) is 2.72. The first kappa shape index (κ1) is 11.2. The molecule has 3 nitrogen and oxygen atoms in total. The standard InChI is InChI=1S/C10H12BrNO2/c1-3-7-8(10(13)14-4-2)5-12-6-9(7)11/h5-6H,3-4H2,1-2H3. The topological polar surface area (TPSA) is 39.2 Å². The fraction of sp³-hybridized carbons (Fsp3) is 0.400. The highest BCUT2D eigenvalue weighted by atomic mass is 79.9. The van der Waals surface area contributed by atoms with Crippen molar-refractivity contribution < 1.29 is 9.53 Å². The molecule has 0 saturated carbocycles. The van der Waals surface area contributed by atoms with E-state index in [2.05, 4.69) is 20.9 Å². The SMILES string of the molecule is CCOC(=O)c1cncc(Br)c1CC. The van der Waals surface area contributed by atoms with Crippen LogP contribution in [0.1, 0.15) is 29.8 Å². The molecule has 4 heteroatoms. The lowest BCUT2D eigenvalue weighted by Gasteiger charge is -2.07. The number of hydrogen-bond donors (Lipinski definition) is 0. The minimum absolute atomic E-state index is 0.307. The van der Waals surface area contributed by atoms with Gasteiger partial charge in [0.05, 0.1) is 12.2 Å². The zero-order valence-corrected chi connectivity index (χ0v) is 9.80. The summed E-state index contributed by atoms with van der Waals surface area (Å²) in [6.07, 6.45) is 4.00. The highest BCUT2D eigenvalue weighted by Crippen LogP contribution is 2.20. The van der Waals surface area contributed by atoms with Crippen LogP contribution < -0.4 is 0 Å². The molecule has 0 atom stereocenters. The molecule has 0 saturated heterocycles. The molecule has 0 unspecified atom stereocenters. The van der Waals surface area contributed by atoms with E-state index in [-0.39, 0.29) is 5.97 Å². The number of nitrogens with zero attached hydrogens (tertiary/aromatic N) is 1. The van der Waals surface area contributed by atoms with Gasteiger partial charge in [0.15, 0.2) is 0 Å². The summed E-state index contributed by atoms with van der Waals surface area (Å²) in [6.45, 7) is 4.16. The van der Waals surface area contributed by atoms with Crippen LogP contribution >= 0.6 is 15.9 Å². The van der Waals surface area contributed by atoms with Crippen LogP contribution in [0, 0.1) is 0 Å². The molecule has 0 aliphatic heterocycles. The first-order chi connectivity index (χ1) is 6.70. The molecule has 0 amide bonds. The van der Waals surface area contributed by atoms with E-state index in [1.165, 1.54) is 0 Å². The van der Waals surface area contributed by atoms with Gasteiger partial charge in [-0.1, -0.05) is 6.92 Å². The average Bonchev–Trinajstić information content (AvgIpc) is 2.17. The van der Waals surface area contributed by atoms with Crippen LogP contribution in [-0.2, 0) is 11.2 Å². The van der Waals surface area contributed by atoms with E-state index in [9.17, 15) is 4.79 Å². The number of halogens is 1. The van der Waals surface area contributed by atoms with Crippen molar-refractivity contribution >= 4 is 21.9 Å². The Balaban J connectivity index is 3.07. The van der Waals surface area contributed by atoms with E-state index in [0.717, 1.165) is 16.5 Å². The summed E-state index contributed by atoms with van der Waals surface area (Å²) in [7, 11) is 0. The quantitative estimate of drug-likeness (QED) is 0.782. The molecule has 0 spiro atoms. The summed E-state index contributed by atoms with van der Waals surface area (Å²) in [6, 6.07) is 0. The number of hydrogen-bond acceptors (Lipinski definition) is 3. The Kier molecular flexibility index (Phi) is 4.07. The number of carbonyl (C=O) groups excluding carboxylic acids is 1. The van der Waals surface area contributed by atoms with Crippen molar-refractivity contribution in [2.75, 3.05) is 6.61 Å². The Morgan fingerprint density at radius 2 is 2.21 bits per heavy atom. The molecular weight excluding hydrogens is 246 g/mol. The third kappa shape index (κ3) is 2.32. The summed E-state index contributed by atoms with van der Waals surface area (Å²) in [5.74, 6) is -0.307. The maximum absolute atomic E-state index is 11.5. The van der Waals surface area contributed by atoms with Gasteiger partial charge in [0, 0.05) is 16.9 Å². The van der Waals surface area contributed by atoms with E-state index < -0.39 is 0 Å². The Hall–Kier alpha value is -0.900. The van der Waals surface area contributed by atoms with Crippen LogP contribution in [0.3, 0.4) is 0 Å². The van der Waals surface area contributed by atoms with Gasteiger partial charge in [-0.15, -0.1) is 0 Å². The summed E-state index contributed by atoms with van der Waals surface area (Å²) >= 11 is 3.36. The van der Waals surface area contributed by atoms with Crippen LogP contribution in [-0.4, -0.2) is 17.6 Å². The van der Waals surface area contributed by atoms with E-state index in [4.69, 9.17) is 4.74 Å². The molecule has 76 valence electrons. The lowest BCUT2D eigenvalue weighted by Crippen LogP contribution is -2.08. The van der Waals surface area contributed by atoms with Crippen molar-refractivity contribution in [3.05, 3.63) is 28.0 Å². The molecule has 0 bridgehead atoms. The number of aromatic nitrogens is 1. The minimum atomic E-state index is -0.307. The largest absolute Gasteiger partial charge is 0.462 e. The third-order valence-electron chi connectivity index (χ3n) is 1.85. The zero-order valence-electron chi connectivity index (χ0n) is 8.21. The van der Waals surface area contributed by atoms with Crippen molar-refractivity contribution in [3.8, 4) is 0 Å². The normalized spacial score (nSPS) is 9.93. The van der Waals surface area contributed by atoms with E-state index in [1.54, 1.807) is 19.3 Å². The molecular formula is C10H12BrNO2. The maximum Gasteiger partial charge on any atom is 0.340 e. The Morgan fingerprint density at radius 3 is 2.79 bits per heavy atom. The third-order valence-corrected chi connectivity index (χ3v) is 2.54. The molecule has 0 aliphatic rings. The van der Waals surface area contributed by atoms with Crippen LogP contribution in [0.25, 0.3) is 0 Å². The van der Waals surface area contributed by atoms with Crippen LogP contribution in [0.2, 0.25) is 0 Å². The zero-order chi connectivity index (χ0) is 10.6. The van der Waals surface area contributed by atoms with Gasteiger partial charge in [-0.3, -0.25) is 4.98 Å². The van der Waals surface area contributed by atoms with Crippen LogP contribution in [0.15, 0.2) is 16.9 Å². The number of carbonyl (C=O) groups is 1. The Bertz CT molecular complexity index is 339. The summed E-state index contributed by atoms with van der Waals surface area (Å²) in [5.41, 5.74) is 1.49. The van der Waals surface area contributed by atoms with E-state index in [0.29, 0.717) is 12.2 Å². The summed E-state index contributed by atoms with van der Waals surface area (Å²) < 4.78 is 5.78. The molecule has 1 rings (SSSR count). The van der Waals surface area contributed by atoms with Crippen molar-refractivity contribution in [1.29, 1.82) is 0 Å². The van der Waals surface area contributed by atoms with Gasteiger partial charge in [-0.05, 0) is 34.8 Å². The summed E-state index contributed by atoms with van der Waals surface area (Å²) in [4.78, 5) is 15.4. The minimum Gasteiger partial charge on any atom is -0.462 e. The molecule has 0 aromatic carbocycles. The number of esters is 1. The van der Waals surface area contributed by atoms with Crippen molar-refractivity contribution in [2.45, 2.75) is 20.3 Å². The molecule has 0 N–H and O–H groups in total. The molecule has 0 fully saturated rings. The van der Waals surface area contributed by atoms with Crippen LogP contribution in [0.4, 0.5) is 0 Å². The van der Waals surface area contributed by atoms with Gasteiger partial charge in [-0.25, -0.2) is 4.79 Å². The number of pyridine rings is 1. The predicted molar refractivity (Wildman–Crippen MR) is 57.3 cm³/mol. The first-order valence-electron chi connectivity index (χ1n) is 4.50. The van der Waals surface area contributed by atoms with Crippen molar-refractivity contribution in [1.82, 2.24) is 4.98 Å². The van der Waals surface area contributed by atoms with Crippen LogP contribution in [0.5, 0.6) is 0 Å². The van der Waals surface area contributed by atoms with Crippen molar-refractivity contribution in [2.24, 2.45) is 0 Å². The van der Waals surface area contributed by atoms with E-state index in [1.807, 2.05) is 6.92 Å². The van der Waals surface area contributed by atoms with Gasteiger partial charge in [-0.2, -0.15) is 0 Å². The van der Waals surface area contributed by atoms with Gasteiger partial charge in [0.1, 0.15) is 0 Å². The van der Waals surface area contributed by atoms with Gasteiger partial charge in [0.25, 0.3) is 0 Å². The number of ether oxygens (including phenoxy) is 1. The van der Waals surface area contributed by atoms with Gasteiger partial charge >= 0.3 is 5.97 Å². The molecule has 1 heterocycles. The van der Waals surface area contributed by atoms with Gasteiger partial charge < -0.3 is 4.74 Å². The predicted octanol–water partition coefficient (Wildman–Crippen LogP) is 2.58. The Labute approximate surface area is 91.6 Å². The number of rotatable bonds is 3. The molecule has 1 aromatic heterocycles. The molecule has 0 radical (unpaired) electrons. The van der Waals surface area contributed by atoms with Gasteiger partial charge in [0.2, 0.25) is 0 Å². The average molecular weight is 258 g/mol.